The molecule has 0 N–H and O–H groups in total. The van der Waals surface area contributed by atoms with Gasteiger partial charge in [0.25, 0.3) is 0 Å². The normalized spacial score (nSPS) is 10.7. The highest BCUT2D eigenvalue weighted by atomic mass is 16.7. The number of hydrogen-bond acceptors (Lipinski definition) is 3. The number of nitrogens with zero attached hydrogens (tertiary/aromatic N) is 3. The molecule has 0 bridgehead atoms. The summed E-state index contributed by atoms with van der Waals surface area (Å²) in [5.41, 5.74) is 2.90. The van der Waals surface area contributed by atoms with E-state index in [0.717, 1.165) is 22.3 Å². The summed E-state index contributed by atoms with van der Waals surface area (Å²) in [5, 5.41) is 1.07. The van der Waals surface area contributed by atoms with Crippen LogP contribution in [0, 0.1) is 0 Å². The van der Waals surface area contributed by atoms with Gasteiger partial charge in [0, 0.05) is 29.5 Å². The van der Waals surface area contributed by atoms with Crippen molar-refractivity contribution in [2.45, 2.75) is 6.92 Å². The molecule has 3 aromatic rings. The molecule has 0 aliphatic heterocycles. The molecule has 0 unspecified atom stereocenters. The zero-order valence-corrected chi connectivity index (χ0v) is 10.1. The van der Waals surface area contributed by atoms with Gasteiger partial charge in [-0.05, 0) is 37.3 Å². The van der Waals surface area contributed by atoms with Crippen molar-refractivity contribution in [2.75, 3.05) is 6.61 Å². The Morgan fingerprint density at radius 1 is 1.17 bits per heavy atom. The van der Waals surface area contributed by atoms with Crippen LogP contribution in [-0.2, 0) is 0 Å². The van der Waals surface area contributed by atoms with Crippen molar-refractivity contribution in [3.63, 3.8) is 0 Å². The largest absolute Gasteiger partial charge is 0.412 e. The summed E-state index contributed by atoms with van der Waals surface area (Å²) < 4.78 is 1.78. The molecule has 0 amide bonds. The number of rotatable bonds is 3. The zero-order chi connectivity index (χ0) is 12.4. The van der Waals surface area contributed by atoms with E-state index < -0.39 is 0 Å². The van der Waals surface area contributed by atoms with E-state index in [1.54, 1.807) is 23.3 Å². The van der Waals surface area contributed by atoms with Crippen LogP contribution in [0.4, 0.5) is 0 Å². The predicted molar refractivity (Wildman–Crippen MR) is 70.1 cm³/mol. The molecule has 3 rings (SSSR count). The molecule has 0 fully saturated rings. The Morgan fingerprint density at radius 2 is 2.00 bits per heavy atom. The molecule has 18 heavy (non-hydrogen) atoms. The van der Waals surface area contributed by atoms with Gasteiger partial charge in [0.15, 0.2) is 5.65 Å². The lowest BCUT2D eigenvalue weighted by atomic mass is 10.2. The lowest BCUT2D eigenvalue weighted by molar-refractivity contribution is 0.135. The number of hydrogen-bond donors (Lipinski definition) is 0. The molecule has 0 aromatic carbocycles. The van der Waals surface area contributed by atoms with Crippen LogP contribution in [0.3, 0.4) is 0 Å². The third kappa shape index (κ3) is 1.72. The smallest absolute Gasteiger partial charge is 0.176 e. The van der Waals surface area contributed by atoms with E-state index in [9.17, 15) is 0 Å². The van der Waals surface area contributed by atoms with E-state index in [4.69, 9.17) is 4.84 Å². The first-order valence-electron chi connectivity index (χ1n) is 5.90. The Balaban J connectivity index is 2.25. The first-order chi connectivity index (χ1) is 8.90. The van der Waals surface area contributed by atoms with Crippen molar-refractivity contribution in [1.29, 1.82) is 0 Å². The third-order valence-electron chi connectivity index (χ3n) is 2.75. The highest BCUT2D eigenvalue weighted by Crippen LogP contribution is 2.25. The van der Waals surface area contributed by atoms with Crippen LogP contribution in [0.1, 0.15) is 6.92 Å². The quantitative estimate of drug-likeness (QED) is 0.705. The molecule has 3 aromatic heterocycles. The monoisotopic (exact) mass is 239 g/mol. The Labute approximate surface area is 105 Å². The van der Waals surface area contributed by atoms with E-state index in [1.165, 1.54) is 0 Å². The fourth-order valence-corrected chi connectivity index (χ4v) is 1.99. The number of pyridine rings is 2. The molecule has 0 atom stereocenters. The summed E-state index contributed by atoms with van der Waals surface area (Å²) in [6.07, 6.45) is 5.32. The summed E-state index contributed by atoms with van der Waals surface area (Å²) in [6.45, 7) is 2.56. The Hall–Kier alpha value is -2.36. The molecule has 0 spiro atoms. The standard InChI is InChI=1S/C14H13N3O/c1-2-18-17-13(11-5-8-15-9-6-11)10-12-4-3-7-16-14(12)17/h3-10H,2H2,1H3. The second-order valence-corrected chi connectivity index (χ2v) is 3.89. The summed E-state index contributed by atoms with van der Waals surface area (Å²) in [4.78, 5) is 14.1. The predicted octanol–water partition coefficient (Wildman–Crippen LogP) is 2.55. The second kappa shape index (κ2) is 4.49. The van der Waals surface area contributed by atoms with E-state index in [-0.39, 0.29) is 0 Å². The topological polar surface area (TPSA) is 39.9 Å². The molecule has 3 heterocycles. The minimum Gasteiger partial charge on any atom is -0.412 e. The molecule has 0 saturated heterocycles. The van der Waals surface area contributed by atoms with Gasteiger partial charge in [-0.15, -0.1) is 0 Å². The molecular weight excluding hydrogens is 226 g/mol. The summed E-state index contributed by atoms with van der Waals surface area (Å²) in [5.74, 6) is 0. The van der Waals surface area contributed by atoms with Gasteiger partial charge in [-0.1, -0.05) is 0 Å². The molecular formula is C14H13N3O. The van der Waals surface area contributed by atoms with Gasteiger partial charge >= 0.3 is 0 Å². The van der Waals surface area contributed by atoms with Crippen LogP contribution in [0.25, 0.3) is 22.3 Å². The highest BCUT2D eigenvalue weighted by molar-refractivity contribution is 5.83. The van der Waals surface area contributed by atoms with Gasteiger partial charge in [-0.3, -0.25) is 4.98 Å². The average molecular weight is 239 g/mol. The zero-order valence-electron chi connectivity index (χ0n) is 10.1. The van der Waals surface area contributed by atoms with Crippen LogP contribution in [0.2, 0.25) is 0 Å². The Morgan fingerprint density at radius 3 is 2.78 bits per heavy atom. The molecule has 0 saturated carbocycles. The van der Waals surface area contributed by atoms with Crippen LogP contribution in [0.5, 0.6) is 0 Å². The number of fused-ring (bicyclic) bond motifs is 1. The van der Waals surface area contributed by atoms with Crippen LogP contribution in [-0.4, -0.2) is 21.3 Å². The first kappa shape index (κ1) is 10.8. The lowest BCUT2D eigenvalue weighted by Crippen LogP contribution is -2.12. The molecule has 0 aliphatic rings. The fourth-order valence-electron chi connectivity index (χ4n) is 1.99. The van der Waals surface area contributed by atoms with E-state index in [2.05, 4.69) is 16.0 Å². The molecule has 90 valence electrons. The van der Waals surface area contributed by atoms with Gasteiger partial charge in [-0.2, -0.15) is 4.73 Å². The van der Waals surface area contributed by atoms with Crippen molar-refractivity contribution in [1.82, 2.24) is 14.7 Å². The van der Waals surface area contributed by atoms with Gasteiger partial charge in [-0.25, -0.2) is 4.98 Å². The van der Waals surface area contributed by atoms with Gasteiger partial charge < -0.3 is 4.84 Å². The van der Waals surface area contributed by atoms with E-state index in [0.29, 0.717) is 6.61 Å². The summed E-state index contributed by atoms with van der Waals surface area (Å²) in [7, 11) is 0. The van der Waals surface area contributed by atoms with Crippen LogP contribution >= 0.6 is 0 Å². The molecule has 4 nitrogen and oxygen atoms in total. The van der Waals surface area contributed by atoms with Crippen molar-refractivity contribution in [2.24, 2.45) is 0 Å². The minimum absolute atomic E-state index is 0.596. The van der Waals surface area contributed by atoms with Crippen molar-refractivity contribution in [3.8, 4) is 11.3 Å². The minimum atomic E-state index is 0.596. The van der Waals surface area contributed by atoms with Gasteiger partial charge in [0.1, 0.15) is 6.61 Å². The summed E-state index contributed by atoms with van der Waals surface area (Å²) in [6, 6.07) is 9.96. The Bertz CT molecular complexity index is 661. The molecule has 0 aliphatic carbocycles. The second-order valence-electron chi connectivity index (χ2n) is 3.89. The highest BCUT2D eigenvalue weighted by Gasteiger charge is 2.11. The van der Waals surface area contributed by atoms with Crippen LogP contribution < -0.4 is 4.84 Å². The third-order valence-corrected chi connectivity index (χ3v) is 2.75. The SMILES string of the molecule is CCOn1c(-c2ccncc2)cc2cccnc21. The molecule has 0 radical (unpaired) electrons. The van der Waals surface area contributed by atoms with Gasteiger partial charge in [0.2, 0.25) is 0 Å². The maximum atomic E-state index is 5.68. The van der Waals surface area contributed by atoms with Crippen molar-refractivity contribution < 1.29 is 4.84 Å². The van der Waals surface area contributed by atoms with E-state index >= 15 is 0 Å². The van der Waals surface area contributed by atoms with Crippen molar-refractivity contribution in [3.05, 3.63) is 48.9 Å². The summed E-state index contributed by atoms with van der Waals surface area (Å²) >= 11 is 0. The maximum absolute atomic E-state index is 5.68. The average Bonchev–Trinajstić information content (AvgIpc) is 2.80. The first-order valence-corrected chi connectivity index (χ1v) is 5.90. The number of aromatic nitrogens is 3. The Kier molecular flexibility index (Phi) is 2.68. The maximum Gasteiger partial charge on any atom is 0.176 e. The van der Waals surface area contributed by atoms with Crippen molar-refractivity contribution >= 4 is 11.0 Å². The van der Waals surface area contributed by atoms with E-state index in [1.807, 2.05) is 31.2 Å². The molecule has 4 heteroatoms. The van der Waals surface area contributed by atoms with Gasteiger partial charge in [0.05, 0.1) is 5.69 Å². The lowest BCUT2D eigenvalue weighted by Gasteiger charge is -2.09. The fraction of sp³-hybridized carbons (Fsp3) is 0.143. The van der Waals surface area contributed by atoms with Crippen LogP contribution in [0.15, 0.2) is 48.9 Å².